The largest absolute Gasteiger partial charge is 0.509 e. The molecule has 1 atom stereocenters. The van der Waals surface area contributed by atoms with Crippen molar-refractivity contribution in [2.24, 2.45) is 5.41 Å². The number of nitrogens with one attached hydrogen (secondary N) is 1. The number of benzene rings is 2. The zero-order chi connectivity index (χ0) is 31.9. The van der Waals surface area contributed by atoms with Crippen molar-refractivity contribution < 1.29 is 36.6 Å². The number of pyridine rings is 1. The van der Waals surface area contributed by atoms with Crippen molar-refractivity contribution in [3.63, 3.8) is 0 Å². The number of nitrogens with zero attached hydrogens (tertiary/aromatic N) is 3. The third-order valence-corrected chi connectivity index (χ3v) is 7.12. The Morgan fingerprint density at radius 1 is 1.09 bits per heavy atom. The molecule has 0 saturated heterocycles. The van der Waals surface area contributed by atoms with Crippen molar-refractivity contribution >= 4 is 29.1 Å². The van der Waals surface area contributed by atoms with E-state index in [1.54, 1.807) is 27.7 Å². The van der Waals surface area contributed by atoms with Gasteiger partial charge in [0, 0.05) is 40.1 Å². The molecular weight excluding hydrogens is 595 g/mol. The van der Waals surface area contributed by atoms with Gasteiger partial charge in [0.2, 0.25) is 0 Å². The molecule has 43 heavy (non-hydrogen) atoms. The van der Waals surface area contributed by atoms with Gasteiger partial charge in [-0.15, -0.1) is 0 Å². The fourth-order valence-electron chi connectivity index (χ4n) is 4.96. The number of carbonyl (C=O) groups excluding carboxylic acids is 2. The smallest absolute Gasteiger partial charge is 0.433 e. The molecule has 0 unspecified atom stereocenters. The van der Waals surface area contributed by atoms with Crippen molar-refractivity contribution in [1.29, 1.82) is 0 Å². The fraction of sp³-hybridized carbons (Fsp3) is 0.300. The number of hydrogen-bond donors (Lipinski definition) is 2. The van der Waals surface area contributed by atoms with Crippen LogP contribution in [0.2, 0.25) is 5.02 Å². The lowest BCUT2D eigenvalue weighted by atomic mass is 9.82. The number of likely N-dealkylation sites (N-methyl/N-ethyl adjacent to an activating group) is 1. The van der Waals surface area contributed by atoms with Gasteiger partial charge in [-0.05, 0) is 35.7 Å². The molecule has 4 rings (SSSR count). The van der Waals surface area contributed by atoms with Gasteiger partial charge in [0.1, 0.15) is 17.0 Å². The first-order valence-corrected chi connectivity index (χ1v) is 13.5. The van der Waals surface area contributed by atoms with Crippen LogP contribution in [0.5, 0.6) is 0 Å². The lowest BCUT2D eigenvalue weighted by molar-refractivity contribution is -0.162. The van der Waals surface area contributed by atoms with E-state index in [9.17, 15) is 36.6 Å². The van der Waals surface area contributed by atoms with Gasteiger partial charge in [-0.2, -0.15) is 13.2 Å². The van der Waals surface area contributed by atoms with Gasteiger partial charge in [0.25, 0.3) is 11.8 Å². The second-order valence-corrected chi connectivity index (χ2v) is 11.4. The molecule has 7 nitrogen and oxygen atoms in total. The average Bonchev–Trinajstić information content (AvgIpc) is 2.92. The van der Waals surface area contributed by atoms with Crippen LogP contribution in [0, 0.1) is 17.0 Å². The number of hydrogen-bond acceptors (Lipinski definition) is 5. The zero-order valence-electron chi connectivity index (χ0n) is 23.6. The van der Waals surface area contributed by atoms with E-state index in [1.807, 2.05) is 0 Å². The SMILES string of the molecule is CCN1[C@@H](C(C)(C)C)C(O)=C(C(=O)Nc2ccc(Cl)cc2-c2ccc(C(F)(F)F)nc2)C(=O)N1Cc1cccc(F)c1F. The van der Waals surface area contributed by atoms with E-state index in [0.29, 0.717) is 0 Å². The van der Waals surface area contributed by atoms with Crippen molar-refractivity contribution in [3.05, 3.63) is 94.0 Å². The molecule has 0 spiro atoms. The van der Waals surface area contributed by atoms with E-state index in [2.05, 4.69) is 10.3 Å². The number of alkyl halides is 3. The minimum absolute atomic E-state index is 0.0667. The molecule has 2 heterocycles. The molecule has 1 aliphatic rings. The van der Waals surface area contributed by atoms with Crippen LogP contribution in [-0.2, 0) is 22.3 Å². The number of hydrazine groups is 1. The number of carbonyl (C=O) groups is 2. The molecule has 13 heteroatoms. The number of aliphatic hydroxyl groups is 1. The number of aromatic nitrogens is 1. The van der Waals surface area contributed by atoms with Crippen LogP contribution in [0.4, 0.5) is 27.6 Å². The molecule has 0 bridgehead atoms. The van der Waals surface area contributed by atoms with E-state index in [-0.39, 0.29) is 33.9 Å². The van der Waals surface area contributed by atoms with Gasteiger partial charge in [-0.25, -0.2) is 13.8 Å². The second kappa shape index (κ2) is 11.9. The lowest BCUT2D eigenvalue weighted by Gasteiger charge is -2.48. The molecular formula is C30H28ClF5N4O3. The van der Waals surface area contributed by atoms with Crippen LogP contribution in [0.25, 0.3) is 11.1 Å². The minimum atomic E-state index is -4.66. The molecule has 2 amide bonds. The third kappa shape index (κ3) is 6.50. The monoisotopic (exact) mass is 622 g/mol. The standard InChI is InChI=1S/C30H28ClF5N4O3/c1-5-39-26(29(2,3)4)25(41)23(28(43)40(39)15-17-7-6-8-20(32)24(17)33)27(42)38-21-11-10-18(31)13-19(21)16-9-12-22(37-14-16)30(34,35)36/h6-14,26,41H,5,15H2,1-4H3,(H,38,42)/t26-/m1/s1. The van der Waals surface area contributed by atoms with E-state index < -0.39 is 64.7 Å². The molecule has 0 fully saturated rings. The topological polar surface area (TPSA) is 85.8 Å². The summed E-state index contributed by atoms with van der Waals surface area (Å²) in [6, 6.07) is 8.75. The Balaban J connectivity index is 1.77. The summed E-state index contributed by atoms with van der Waals surface area (Å²) in [7, 11) is 0. The Labute approximate surface area is 249 Å². The quantitative estimate of drug-likeness (QED) is 0.225. The molecule has 228 valence electrons. The van der Waals surface area contributed by atoms with Crippen LogP contribution < -0.4 is 5.32 Å². The Morgan fingerprint density at radius 3 is 2.37 bits per heavy atom. The Hall–Kier alpha value is -4.03. The summed E-state index contributed by atoms with van der Waals surface area (Å²) in [6.07, 6.45) is -3.69. The molecule has 0 saturated carbocycles. The van der Waals surface area contributed by atoms with Gasteiger partial charge in [-0.3, -0.25) is 19.6 Å². The molecule has 0 aliphatic carbocycles. The zero-order valence-corrected chi connectivity index (χ0v) is 24.3. The van der Waals surface area contributed by atoms with Gasteiger partial charge in [0.05, 0.1) is 12.6 Å². The maximum atomic E-state index is 14.6. The first-order valence-electron chi connectivity index (χ1n) is 13.1. The maximum Gasteiger partial charge on any atom is 0.433 e. The van der Waals surface area contributed by atoms with Crippen molar-refractivity contribution in [2.75, 3.05) is 11.9 Å². The van der Waals surface area contributed by atoms with Crippen LogP contribution in [0.3, 0.4) is 0 Å². The predicted molar refractivity (Wildman–Crippen MR) is 151 cm³/mol. The Morgan fingerprint density at radius 2 is 1.79 bits per heavy atom. The van der Waals surface area contributed by atoms with Crippen LogP contribution >= 0.6 is 11.6 Å². The molecule has 1 aromatic heterocycles. The second-order valence-electron chi connectivity index (χ2n) is 10.9. The number of amides is 2. The number of rotatable bonds is 6. The van der Waals surface area contributed by atoms with E-state index in [0.717, 1.165) is 29.4 Å². The van der Waals surface area contributed by atoms with E-state index in [4.69, 9.17) is 11.6 Å². The molecule has 0 radical (unpaired) electrons. The normalized spacial score (nSPS) is 16.6. The maximum absolute atomic E-state index is 14.6. The summed E-state index contributed by atoms with van der Waals surface area (Å²) >= 11 is 6.14. The lowest BCUT2D eigenvalue weighted by Crippen LogP contribution is -2.60. The summed E-state index contributed by atoms with van der Waals surface area (Å²) in [5.74, 6) is -4.78. The van der Waals surface area contributed by atoms with Gasteiger partial charge in [-0.1, -0.05) is 57.5 Å². The summed E-state index contributed by atoms with van der Waals surface area (Å²) in [6.45, 7) is 6.77. The minimum Gasteiger partial charge on any atom is -0.509 e. The fourth-order valence-corrected chi connectivity index (χ4v) is 5.13. The summed E-state index contributed by atoms with van der Waals surface area (Å²) in [5.41, 5.74) is -2.18. The first kappa shape index (κ1) is 31.9. The van der Waals surface area contributed by atoms with Crippen LogP contribution in [0.15, 0.2) is 66.1 Å². The molecule has 2 aromatic carbocycles. The highest BCUT2D eigenvalue weighted by molar-refractivity contribution is 6.31. The van der Waals surface area contributed by atoms with Crippen LogP contribution in [0.1, 0.15) is 39.0 Å². The molecule has 3 aromatic rings. The Kier molecular flexibility index (Phi) is 8.85. The molecule has 1 aliphatic heterocycles. The van der Waals surface area contributed by atoms with Gasteiger partial charge < -0.3 is 10.4 Å². The third-order valence-electron chi connectivity index (χ3n) is 6.89. The van der Waals surface area contributed by atoms with E-state index >= 15 is 0 Å². The summed E-state index contributed by atoms with van der Waals surface area (Å²) in [4.78, 5) is 31.0. The Bertz CT molecular complexity index is 1590. The first-order chi connectivity index (χ1) is 20.0. The highest BCUT2D eigenvalue weighted by atomic mass is 35.5. The van der Waals surface area contributed by atoms with Crippen molar-refractivity contribution in [3.8, 4) is 11.1 Å². The summed E-state index contributed by atoms with van der Waals surface area (Å²) in [5, 5.41) is 16.7. The van der Waals surface area contributed by atoms with Crippen molar-refractivity contribution in [2.45, 2.75) is 46.5 Å². The molecule has 2 N–H and O–H groups in total. The van der Waals surface area contributed by atoms with E-state index in [1.165, 1.54) is 35.3 Å². The predicted octanol–water partition coefficient (Wildman–Crippen LogP) is 7.14. The number of aliphatic hydroxyl groups excluding tert-OH is 1. The average molecular weight is 623 g/mol. The van der Waals surface area contributed by atoms with Crippen LogP contribution in [-0.4, -0.2) is 44.5 Å². The highest BCUT2D eigenvalue weighted by Gasteiger charge is 2.47. The number of halogens is 6. The van der Waals surface area contributed by atoms with Crippen molar-refractivity contribution in [1.82, 2.24) is 15.0 Å². The van der Waals surface area contributed by atoms with Gasteiger partial charge >= 0.3 is 6.18 Å². The summed E-state index contributed by atoms with van der Waals surface area (Å²) < 4.78 is 67.8. The van der Waals surface area contributed by atoms with Gasteiger partial charge in [0.15, 0.2) is 11.6 Å². The number of anilines is 1. The highest BCUT2D eigenvalue weighted by Crippen LogP contribution is 2.38.